The molecular weight excluding hydrogens is 307 g/mol. The van der Waals surface area contributed by atoms with Crippen LogP contribution in [0.4, 0.5) is 9.18 Å². The number of amides is 2. The molecule has 2 aromatic carbocycles. The summed E-state index contributed by atoms with van der Waals surface area (Å²) < 4.78 is 18.5. The lowest BCUT2D eigenvalue weighted by Gasteiger charge is -2.05. The zero-order chi connectivity index (χ0) is 17.0. The van der Waals surface area contributed by atoms with Crippen LogP contribution in [-0.2, 0) is 6.42 Å². The van der Waals surface area contributed by atoms with E-state index in [0.717, 1.165) is 6.42 Å². The number of halogens is 1. The van der Waals surface area contributed by atoms with Crippen molar-refractivity contribution in [3.63, 3.8) is 0 Å². The van der Waals surface area contributed by atoms with Crippen molar-refractivity contribution >= 4 is 6.03 Å². The minimum Gasteiger partial charge on any atom is -0.478 e. The first-order valence-corrected chi connectivity index (χ1v) is 7.64. The lowest BCUT2D eigenvalue weighted by atomic mass is 10.1. The molecule has 0 aliphatic carbocycles. The molecule has 0 radical (unpaired) electrons. The number of carbonyl (C=O) groups excluding carboxylic acids is 1. The largest absolute Gasteiger partial charge is 0.478 e. The van der Waals surface area contributed by atoms with E-state index in [0.29, 0.717) is 6.54 Å². The second-order valence-corrected chi connectivity index (χ2v) is 4.92. The summed E-state index contributed by atoms with van der Waals surface area (Å²) in [6, 6.07) is 15.8. The fraction of sp³-hybridized carbons (Fsp3) is 0.211. The van der Waals surface area contributed by atoms with Gasteiger partial charge in [0, 0.05) is 6.54 Å². The van der Waals surface area contributed by atoms with Gasteiger partial charge in [-0.1, -0.05) is 54.3 Å². The average Bonchev–Trinajstić information content (AvgIpc) is 2.60. The summed E-state index contributed by atoms with van der Waals surface area (Å²) in [5.74, 6) is 5.21. The van der Waals surface area contributed by atoms with Crippen molar-refractivity contribution in [3.8, 4) is 17.6 Å². The summed E-state index contributed by atoms with van der Waals surface area (Å²) in [6.07, 6.45) is 0.774. The number of benzene rings is 2. The minimum atomic E-state index is -0.421. The molecule has 5 heteroatoms. The third kappa shape index (κ3) is 6.41. The molecule has 2 rings (SSSR count). The number of nitrogens with one attached hydrogen (secondary N) is 2. The van der Waals surface area contributed by atoms with Crippen LogP contribution in [0.5, 0.6) is 5.75 Å². The molecule has 0 aliphatic rings. The number of ether oxygens (including phenoxy) is 1. The molecule has 0 aromatic heterocycles. The number of hydrogen-bond acceptors (Lipinski definition) is 2. The monoisotopic (exact) mass is 326 g/mol. The first kappa shape index (κ1) is 17.4. The Bertz CT molecular complexity index is 708. The molecule has 0 saturated heterocycles. The van der Waals surface area contributed by atoms with Crippen molar-refractivity contribution in [1.82, 2.24) is 10.6 Å². The lowest BCUT2D eigenvalue weighted by Crippen LogP contribution is -2.36. The van der Waals surface area contributed by atoms with Gasteiger partial charge in [-0.15, -0.1) is 0 Å². The van der Waals surface area contributed by atoms with Crippen molar-refractivity contribution in [2.24, 2.45) is 0 Å². The van der Waals surface area contributed by atoms with Gasteiger partial charge in [0.2, 0.25) is 0 Å². The Kier molecular flexibility index (Phi) is 7.16. The predicted molar refractivity (Wildman–Crippen MR) is 91.2 cm³/mol. The van der Waals surface area contributed by atoms with Crippen molar-refractivity contribution in [3.05, 3.63) is 66.0 Å². The fourth-order valence-electron chi connectivity index (χ4n) is 1.94. The van der Waals surface area contributed by atoms with Gasteiger partial charge in [0.05, 0.1) is 6.54 Å². The Morgan fingerprint density at radius 3 is 2.54 bits per heavy atom. The smallest absolute Gasteiger partial charge is 0.315 e. The standard InChI is InChI=1S/C19H19FN2O2/c20-17-10-4-5-11-18(17)24-15-7-6-13-21-19(23)22-14-12-16-8-2-1-3-9-16/h1-5,8-11H,12-15H2,(H2,21,22,23). The molecule has 0 spiro atoms. The van der Waals surface area contributed by atoms with Gasteiger partial charge in [0.25, 0.3) is 0 Å². The van der Waals surface area contributed by atoms with E-state index in [9.17, 15) is 9.18 Å². The number of carbonyl (C=O) groups is 1. The van der Waals surface area contributed by atoms with Crippen molar-refractivity contribution in [1.29, 1.82) is 0 Å². The number of hydrogen-bond donors (Lipinski definition) is 2. The van der Waals surface area contributed by atoms with Crippen molar-refractivity contribution < 1.29 is 13.9 Å². The summed E-state index contributed by atoms with van der Waals surface area (Å²) in [5, 5.41) is 5.38. The van der Waals surface area contributed by atoms with Crippen LogP contribution < -0.4 is 15.4 Å². The summed E-state index contributed by atoms with van der Waals surface area (Å²) in [6.45, 7) is 0.829. The maximum absolute atomic E-state index is 13.3. The van der Waals surface area contributed by atoms with Gasteiger partial charge in [-0.3, -0.25) is 0 Å². The Hall–Kier alpha value is -3.00. The molecule has 4 nitrogen and oxygen atoms in total. The van der Waals surface area contributed by atoms with Crippen LogP contribution in [0.25, 0.3) is 0 Å². The summed E-state index contributed by atoms with van der Waals surface area (Å²) >= 11 is 0. The van der Waals surface area contributed by atoms with Crippen LogP contribution in [0.15, 0.2) is 54.6 Å². The molecule has 0 heterocycles. The molecule has 124 valence electrons. The highest BCUT2D eigenvalue weighted by Crippen LogP contribution is 2.14. The van der Waals surface area contributed by atoms with E-state index in [1.165, 1.54) is 17.7 Å². The number of urea groups is 1. The topological polar surface area (TPSA) is 50.4 Å². The predicted octanol–water partition coefficient (Wildman–Crippen LogP) is 2.75. The van der Waals surface area contributed by atoms with Crippen LogP contribution in [0.1, 0.15) is 5.56 Å². The maximum Gasteiger partial charge on any atom is 0.315 e. The first-order chi connectivity index (χ1) is 11.8. The average molecular weight is 326 g/mol. The molecule has 0 saturated carbocycles. The van der Waals surface area contributed by atoms with E-state index in [1.807, 2.05) is 30.3 Å². The quantitative estimate of drug-likeness (QED) is 0.802. The highest BCUT2D eigenvalue weighted by atomic mass is 19.1. The Balaban J connectivity index is 1.57. The molecule has 0 atom stereocenters. The summed E-state index contributed by atoms with van der Waals surface area (Å²) in [5.41, 5.74) is 1.17. The highest BCUT2D eigenvalue weighted by molar-refractivity contribution is 5.74. The SMILES string of the molecule is O=C(NCC#CCOc1ccccc1F)NCCc1ccccc1. The molecule has 2 aromatic rings. The van der Waals surface area contributed by atoms with Gasteiger partial charge in [-0.2, -0.15) is 0 Å². The summed E-state index contributed by atoms with van der Waals surface area (Å²) in [4.78, 5) is 11.6. The summed E-state index contributed by atoms with van der Waals surface area (Å²) in [7, 11) is 0. The zero-order valence-electron chi connectivity index (χ0n) is 13.2. The third-order valence-electron chi connectivity index (χ3n) is 3.14. The molecule has 2 N–H and O–H groups in total. The molecule has 0 unspecified atom stereocenters. The van der Waals surface area contributed by atoms with Crippen LogP contribution in [-0.4, -0.2) is 25.7 Å². The van der Waals surface area contributed by atoms with E-state index in [2.05, 4.69) is 22.5 Å². The van der Waals surface area contributed by atoms with Crippen LogP contribution >= 0.6 is 0 Å². The van der Waals surface area contributed by atoms with E-state index in [-0.39, 0.29) is 24.9 Å². The van der Waals surface area contributed by atoms with Crippen LogP contribution in [0.3, 0.4) is 0 Å². The number of rotatable bonds is 6. The van der Waals surface area contributed by atoms with E-state index in [4.69, 9.17) is 4.74 Å². The maximum atomic E-state index is 13.3. The second kappa shape index (κ2) is 9.90. The first-order valence-electron chi connectivity index (χ1n) is 7.64. The molecule has 0 bridgehead atoms. The van der Waals surface area contributed by atoms with Crippen LogP contribution in [0, 0.1) is 17.7 Å². The van der Waals surface area contributed by atoms with Crippen LogP contribution in [0.2, 0.25) is 0 Å². The Morgan fingerprint density at radius 2 is 1.75 bits per heavy atom. The highest BCUT2D eigenvalue weighted by Gasteiger charge is 1.99. The Labute approximate surface area is 141 Å². The van der Waals surface area contributed by atoms with Gasteiger partial charge in [-0.05, 0) is 24.1 Å². The number of para-hydroxylation sites is 1. The second-order valence-electron chi connectivity index (χ2n) is 4.92. The van der Waals surface area contributed by atoms with Gasteiger partial charge < -0.3 is 15.4 Å². The van der Waals surface area contributed by atoms with Gasteiger partial charge in [0.1, 0.15) is 6.61 Å². The van der Waals surface area contributed by atoms with Crippen molar-refractivity contribution in [2.45, 2.75) is 6.42 Å². The zero-order valence-corrected chi connectivity index (χ0v) is 13.2. The normalized spacial score (nSPS) is 9.54. The van der Waals surface area contributed by atoms with E-state index < -0.39 is 5.82 Å². The Morgan fingerprint density at radius 1 is 1.00 bits per heavy atom. The molecular formula is C19H19FN2O2. The third-order valence-corrected chi connectivity index (χ3v) is 3.14. The molecule has 24 heavy (non-hydrogen) atoms. The molecule has 2 amide bonds. The molecule has 0 fully saturated rings. The van der Waals surface area contributed by atoms with Gasteiger partial charge >= 0.3 is 6.03 Å². The van der Waals surface area contributed by atoms with Gasteiger partial charge in [-0.25, -0.2) is 9.18 Å². The van der Waals surface area contributed by atoms with Crippen molar-refractivity contribution in [2.75, 3.05) is 19.7 Å². The molecule has 0 aliphatic heterocycles. The van der Waals surface area contributed by atoms with E-state index >= 15 is 0 Å². The van der Waals surface area contributed by atoms with Gasteiger partial charge in [0.15, 0.2) is 11.6 Å². The lowest BCUT2D eigenvalue weighted by molar-refractivity contribution is 0.242. The van der Waals surface area contributed by atoms with E-state index in [1.54, 1.807) is 12.1 Å². The fourth-order valence-corrected chi connectivity index (χ4v) is 1.94. The minimum absolute atomic E-state index is 0.0677.